The van der Waals surface area contributed by atoms with Gasteiger partial charge in [-0.15, -0.1) is 0 Å². The molecule has 7 nitrogen and oxygen atoms in total. The summed E-state index contributed by atoms with van der Waals surface area (Å²) in [6.45, 7) is 5.84. The highest BCUT2D eigenvalue weighted by Gasteiger charge is 2.36. The van der Waals surface area contributed by atoms with E-state index in [0.29, 0.717) is 19.0 Å². The van der Waals surface area contributed by atoms with Crippen LogP contribution in [0.1, 0.15) is 25.0 Å². The first kappa shape index (κ1) is 23.4. The molecule has 0 saturated carbocycles. The molecule has 2 aromatic carbocycles. The molecule has 0 unspecified atom stereocenters. The van der Waals surface area contributed by atoms with Crippen molar-refractivity contribution < 1.29 is 28.6 Å². The molecular weight excluding hydrogens is 430 g/mol. The zero-order chi connectivity index (χ0) is 23.1. The molecule has 1 aliphatic rings. The van der Waals surface area contributed by atoms with Gasteiger partial charge in [0, 0.05) is 0 Å². The zero-order valence-electron chi connectivity index (χ0n) is 18.2. The van der Waals surface area contributed by atoms with Crippen molar-refractivity contribution in [2.75, 3.05) is 19.8 Å². The number of benzene rings is 2. The average molecular weight is 456 g/mol. The second kappa shape index (κ2) is 10.9. The van der Waals surface area contributed by atoms with Gasteiger partial charge in [-0.3, -0.25) is 19.3 Å². The number of amides is 2. The number of nitrogens with zero attached hydrogens (tertiary/aromatic N) is 1. The van der Waals surface area contributed by atoms with Crippen LogP contribution in [0, 0.1) is 6.92 Å². The van der Waals surface area contributed by atoms with Crippen LogP contribution in [0.4, 0.5) is 4.79 Å². The first-order valence-corrected chi connectivity index (χ1v) is 11.0. The molecule has 0 aliphatic carbocycles. The maximum Gasteiger partial charge on any atom is 0.326 e. The minimum absolute atomic E-state index is 0.257. The third kappa shape index (κ3) is 6.62. The van der Waals surface area contributed by atoms with Crippen LogP contribution in [0.2, 0.25) is 0 Å². The van der Waals surface area contributed by atoms with Gasteiger partial charge in [0.1, 0.15) is 31.3 Å². The summed E-state index contributed by atoms with van der Waals surface area (Å²) in [7, 11) is 0. The Morgan fingerprint density at radius 1 is 0.969 bits per heavy atom. The standard InChI is InChI=1S/C24H25NO6S/c1-16(2)31-22(26)15-25-23(27)21(32-24(25)28)14-18-6-10-20(11-7-18)30-13-12-29-19-8-4-17(3)5-9-19/h4-11,14,16H,12-13,15H2,1-3H3/b21-14-. The molecule has 168 valence electrons. The van der Waals surface area contributed by atoms with E-state index in [4.69, 9.17) is 14.2 Å². The lowest BCUT2D eigenvalue weighted by Gasteiger charge is -2.13. The third-order valence-corrected chi connectivity index (χ3v) is 5.25. The largest absolute Gasteiger partial charge is 0.490 e. The Labute approximate surface area is 191 Å². The van der Waals surface area contributed by atoms with Crippen LogP contribution in [0.15, 0.2) is 53.4 Å². The van der Waals surface area contributed by atoms with Crippen molar-refractivity contribution in [3.63, 3.8) is 0 Å². The van der Waals surface area contributed by atoms with E-state index in [2.05, 4.69) is 0 Å². The Morgan fingerprint density at radius 3 is 2.09 bits per heavy atom. The van der Waals surface area contributed by atoms with Crippen LogP contribution in [0.3, 0.4) is 0 Å². The Morgan fingerprint density at radius 2 is 1.53 bits per heavy atom. The number of hydrogen-bond acceptors (Lipinski definition) is 7. The highest BCUT2D eigenvalue weighted by atomic mass is 32.2. The van der Waals surface area contributed by atoms with Crippen molar-refractivity contribution >= 4 is 35.0 Å². The van der Waals surface area contributed by atoms with Crippen LogP contribution < -0.4 is 9.47 Å². The Bertz CT molecular complexity index is 998. The molecule has 0 bridgehead atoms. The van der Waals surface area contributed by atoms with Gasteiger partial charge in [-0.05, 0) is 68.4 Å². The third-order valence-electron chi connectivity index (χ3n) is 4.35. The lowest BCUT2D eigenvalue weighted by Crippen LogP contribution is -2.35. The van der Waals surface area contributed by atoms with E-state index in [0.717, 1.165) is 28.0 Å². The van der Waals surface area contributed by atoms with E-state index in [1.165, 1.54) is 5.56 Å². The fourth-order valence-electron chi connectivity index (χ4n) is 2.83. The molecule has 0 spiro atoms. The zero-order valence-corrected chi connectivity index (χ0v) is 19.0. The Hall–Kier alpha value is -3.26. The van der Waals surface area contributed by atoms with E-state index in [9.17, 15) is 14.4 Å². The number of ether oxygens (including phenoxy) is 3. The van der Waals surface area contributed by atoms with E-state index < -0.39 is 23.7 Å². The van der Waals surface area contributed by atoms with Crippen LogP contribution >= 0.6 is 11.8 Å². The number of thioether (sulfide) groups is 1. The van der Waals surface area contributed by atoms with Crippen molar-refractivity contribution in [1.29, 1.82) is 0 Å². The highest BCUT2D eigenvalue weighted by molar-refractivity contribution is 8.18. The number of esters is 1. The van der Waals surface area contributed by atoms with Crippen molar-refractivity contribution in [3.05, 3.63) is 64.6 Å². The molecule has 1 saturated heterocycles. The molecule has 0 N–H and O–H groups in total. The normalized spacial score (nSPS) is 14.9. The van der Waals surface area contributed by atoms with Gasteiger partial charge in [-0.25, -0.2) is 0 Å². The van der Waals surface area contributed by atoms with E-state index >= 15 is 0 Å². The quantitative estimate of drug-likeness (QED) is 0.314. The molecule has 0 atom stereocenters. The number of rotatable bonds is 9. The summed E-state index contributed by atoms with van der Waals surface area (Å²) in [5.74, 6) is 0.339. The molecule has 2 amide bonds. The number of imide groups is 1. The topological polar surface area (TPSA) is 82.1 Å². The predicted molar refractivity (Wildman–Crippen MR) is 123 cm³/mol. The smallest absolute Gasteiger partial charge is 0.326 e. The highest BCUT2D eigenvalue weighted by Crippen LogP contribution is 2.32. The lowest BCUT2D eigenvalue weighted by molar-refractivity contribution is -0.149. The van der Waals surface area contributed by atoms with Crippen molar-refractivity contribution in [1.82, 2.24) is 4.90 Å². The van der Waals surface area contributed by atoms with E-state index in [1.807, 2.05) is 31.2 Å². The Kier molecular flexibility index (Phi) is 7.94. The summed E-state index contributed by atoms with van der Waals surface area (Å²) in [5.41, 5.74) is 1.91. The summed E-state index contributed by atoms with van der Waals surface area (Å²) < 4.78 is 16.3. The molecule has 8 heteroatoms. The molecule has 1 aliphatic heterocycles. The number of carbonyl (C=O) groups is 3. The minimum Gasteiger partial charge on any atom is -0.490 e. The van der Waals surface area contributed by atoms with Gasteiger partial charge in [-0.2, -0.15) is 0 Å². The van der Waals surface area contributed by atoms with Gasteiger partial charge in [0.25, 0.3) is 11.1 Å². The molecular formula is C24H25NO6S. The van der Waals surface area contributed by atoms with Gasteiger partial charge >= 0.3 is 5.97 Å². The molecule has 2 aromatic rings. The molecule has 0 aromatic heterocycles. The fourth-order valence-corrected chi connectivity index (χ4v) is 3.67. The molecule has 1 fully saturated rings. The first-order chi connectivity index (χ1) is 15.3. The molecule has 0 radical (unpaired) electrons. The van der Waals surface area contributed by atoms with Gasteiger partial charge < -0.3 is 14.2 Å². The monoisotopic (exact) mass is 455 g/mol. The maximum absolute atomic E-state index is 12.5. The molecule has 1 heterocycles. The second-order valence-electron chi connectivity index (χ2n) is 7.39. The molecule has 32 heavy (non-hydrogen) atoms. The van der Waals surface area contributed by atoms with Gasteiger partial charge in [0.15, 0.2) is 0 Å². The predicted octanol–water partition coefficient (Wildman–Crippen LogP) is 4.44. The summed E-state index contributed by atoms with van der Waals surface area (Å²) in [6.07, 6.45) is 1.30. The first-order valence-electron chi connectivity index (χ1n) is 10.2. The van der Waals surface area contributed by atoms with Crippen LogP contribution in [0.5, 0.6) is 11.5 Å². The van der Waals surface area contributed by atoms with Crippen molar-refractivity contribution in [3.8, 4) is 11.5 Å². The maximum atomic E-state index is 12.5. The van der Waals surface area contributed by atoms with Crippen molar-refractivity contribution in [2.45, 2.75) is 26.9 Å². The van der Waals surface area contributed by atoms with E-state index in [-0.39, 0.29) is 11.0 Å². The summed E-state index contributed by atoms with van der Waals surface area (Å²) in [6, 6.07) is 14.9. The second-order valence-corrected chi connectivity index (χ2v) is 8.38. The SMILES string of the molecule is Cc1ccc(OCCOc2ccc(/C=C3\SC(=O)N(CC(=O)OC(C)C)C3=O)cc2)cc1. The Balaban J connectivity index is 1.50. The number of hydrogen-bond donors (Lipinski definition) is 0. The van der Waals surface area contributed by atoms with Crippen molar-refractivity contribution in [2.24, 2.45) is 0 Å². The van der Waals surface area contributed by atoms with Crippen LogP contribution in [-0.2, 0) is 14.3 Å². The van der Waals surface area contributed by atoms with Gasteiger partial charge in [-0.1, -0.05) is 29.8 Å². The summed E-state index contributed by atoms with van der Waals surface area (Å²) in [4.78, 5) is 37.5. The fraction of sp³-hybridized carbons (Fsp3) is 0.292. The minimum atomic E-state index is -0.614. The van der Waals surface area contributed by atoms with Gasteiger partial charge in [0.2, 0.25) is 0 Å². The van der Waals surface area contributed by atoms with Crippen LogP contribution in [-0.4, -0.2) is 47.9 Å². The molecule has 3 rings (SSSR count). The van der Waals surface area contributed by atoms with Gasteiger partial charge in [0.05, 0.1) is 11.0 Å². The lowest BCUT2D eigenvalue weighted by atomic mass is 10.2. The number of carbonyl (C=O) groups excluding carboxylic acids is 3. The summed E-state index contributed by atoms with van der Waals surface area (Å²) >= 11 is 0.800. The van der Waals surface area contributed by atoms with Crippen LogP contribution in [0.25, 0.3) is 6.08 Å². The number of aryl methyl sites for hydroxylation is 1. The summed E-state index contributed by atoms with van der Waals surface area (Å²) in [5, 5.41) is -0.490. The van der Waals surface area contributed by atoms with E-state index in [1.54, 1.807) is 44.2 Å². The average Bonchev–Trinajstić information content (AvgIpc) is 3.00.